The molecule has 0 saturated heterocycles. The second-order valence-corrected chi connectivity index (χ2v) is 8.42. The normalized spacial score (nSPS) is 14.6. The van der Waals surface area contributed by atoms with Gasteiger partial charge in [-0.25, -0.2) is 0 Å². The van der Waals surface area contributed by atoms with E-state index in [-0.39, 0.29) is 24.8 Å². The Hall–Kier alpha value is -0.726. The molecule has 2 aromatic carbocycles. The zero-order chi connectivity index (χ0) is 16.4. The maximum Gasteiger partial charge on any atom is -1.00 e. The molecule has 1 atom stereocenters. The minimum atomic E-state index is -0.571. The molecule has 0 heterocycles. The van der Waals surface area contributed by atoms with Crippen LogP contribution >= 0.6 is 0 Å². The van der Waals surface area contributed by atoms with E-state index in [9.17, 15) is 0 Å². The predicted octanol–water partition coefficient (Wildman–Crippen LogP) is 0.0858. The van der Waals surface area contributed by atoms with E-state index in [4.69, 9.17) is 3.32 Å². The molecule has 3 rings (SSSR count). The van der Waals surface area contributed by atoms with Crippen molar-refractivity contribution in [1.82, 2.24) is 0 Å². The maximum atomic E-state index is 6.51. The van der Waals surface area contributed by atoms with Crippen LogP contribution in [0.15, 0.2) is 48.5 Å². The van der Waals surface area contributed by atoms with Gasteiger partial charge in [-0.05, 0) is 0 Å². The van der Waals surface area contributed by atoms with E-state index in [1.807, 2.05) is 0 Å². The molecule has 0 aliphatic heterocycles. The fourth-order valence-corrected chi connectivity index (χ4v) is 4.71. The zero-order valence-electron chi connectivity index (χ0n) is 15.1. The molecule has 0 bridgehead atoms. The topological polar surface area (TPSA) is 9.23 Å². The monoisotopic (exact) mass is 410 g/mol. The summed E-state index contributed by atoms with van der Waals surface area (Å²) in [6.45, 7) is 8.99. The molecular weight excluding hydrogens is 387 g/mol. The molecule has 25 heavy (non-hydrogen) atoms. The van der Waals surface area contributed by atoms with Gasteiger partial charge in [0.25, 0.3) is 0 Å². The van der Waals surface area contributed by atoms with Gasteiger partial charge in [0.1, 0.15) is 0 Å². The van der Waals surface area contributed by atoms with Crippen molar-refractivity contribution in [3.8, 4) is 5.75 Å². The summed E-state index contributed by atoms with van der Waals surface area (Å²) in [6, 6.07) is 15.3. The number of hydrogen-bond acceptors (Lipinski definition) is 1. The molecule has 0 aromatic heterocycles. The number of allylic oxidation sites excluding steroid dienone is 1. The Balaban J connectivity index is 0.00000156. The van der Waals surface area contributed by atoms with Crippen LogP contribution in [0.2, 0.25) is 0 Å². The predicted molar refractivity (Wildman–Crippen MR) is 93.5 cm³/mol. The first-order valence-electron chi connectivity index (χ1n) is 8.40. The molecule has 0 spiro atoms. The zero-order valence-corrected chi connectivity index (χ0v) is 18.2. The number of rotatable bonds is 5. The van der Waals surface area contributed by atoms with Crippen LogP contribution in [-0.4, -0.2) is 0 Å². The van der Waals surface area contributed by atoms with Crippen molar-refractivity contribution in [2.75, 3.05) is 0 Å². The van der Waals surface area contributed by atoms with E-state index in [0.29, 0.717) is 16.1 Å². The molecule has 132 valence electrons. The molecule has 1 nitrogen and oxygen atoms in total. The smallest absolute Gasteiger partial charge is 1.00 e. The Kier molecular flexibility index (Phi) is 8.77. The van der Waals surface area contributed by atoms with Crippen molar-refractivity contribution in [2.24, 2.45) is 0 Å². The van der Waals surface area contributed by atoms with E-state index >= 15 is 0 Å². The van der Waals surface area contributed by atoms with E-state index in [1.54, 1.807) is 0 Å². The van der Waals surface area contributed by atoms with Gasteiger partial charge in [0, 0.05) is 0 Å². The van der Waals surface area contributed by atoms with E-state index in [2.05, 4.69) is 82.3 Å². The Morgan fingerprint density at radius 3 is 2.04 bits per heavy atom. The van der Waals surface area contributed by atoms with E-state index in [1.165, 1.54) is 22.3 Å². The third-order valence-electron chi connectivity index (χ3n) is 4.41. The van der Waals surface area contributed by atoms with Crippen molar-refractivity contribution in [2.45, 2.75) is 43.8 Å². The molecular formula is C21H24Cl2OTi. The molecule has 2 aromatic rings. The third-order valence-corrected chi connectivity index (χ3v) is 6.09. The second-order valence-electron chi connectivity index (χ2n) is 6.76. The number of fused-ring (bicyclic) bond motifs is 1. The molecule has 0 fully saturated rings. The fraction of sp³-hybridized carbons (Fsp3) is 0.333. The minimum Gasteiger partial charge on any atom is -1.00 e. The second kappa shape index (κ2) is 9.83. The van der Waals surface area contributed by atoms with Crippen molar-refractivity contribution in [3.63, 3.8) is 0 Å². The Bertz CT molecular complexity index is 699. The van der Waals surface area contributed by atoms with Gasteiger partial charge in [0.15, 0.2) is 0 Å². The maximum absolute atomic E-state index is 6.51. The Morgan fingerprint density at radius 1 is 0.840 bits per heavy atom. The van der Waals surface area contributed by atoms with E-state index in [0.717, 1.165) is 5.75 Å². The van der Waals surface area contributed by atoms with Crippen molar-refractivity contribution >= 4 is 6.08 Å². The largest absolute Gasteiger partial charge is 1.00 e. The molecule has 1 aliphatic carbocycles. The Morgan fingerprint density at radius 2 is 1.44 bits per heavy atom. The van der Waals surface area contributed by atoms with Crippen LogP contribution < -0.4 is 28.1 Å². The van der Waals surface area contributed by atoms with Crippen molar-refractivity contribution < 1.29 is 47.7 Å². The van der Waals surface area contributed by atoms with Gasteiger partial charge in [0.2, 0.25) is 0 Å². The van der Waals surface area contributed by atoms with E-state index < -0.39 is 19.5 Å². The number of halogens is 2. The summed E-state index contributed by atoms with van der Waals surface area (Å²) in [5.74, 6) is 2.12. The van der Waals surface area contributed by atoms with Gasteiger partial charge in [-0.1, -0.05) is 0 Å². The van der Waals surface area contributed by atoms with Crippen LogP contribution in [0.4, 0.5) is 0 Å². The van der Waals surface area contributed by atoms with Gasteiger partial charge in [-0.3, -0.25) is 0 Å². The van der Waals surface area contributed by atoms with Crippen LogP contribution in [0.1, 0.15) is 66.0 Å². The molecule has 0 saturated carbocycles. The summed E-state index contributed by atoms with van der Waals surface area (Å²) in [7, 11) is 0. The van der Waals surface area contributed by atoms with Crippen molar-refractivity contribution in [3.05, 3.63) is 70.8 Å². The standard InChI is InChI=1S/C12H18O.C9H7.2ClH.Ti/c1-8(2)10-6-5-7-11(9(3)4)12(10)13;1-2-5-9-7-3-6-8(9)4-1;;;/h5-9,13H,1-4H3;1-7H;2*1H;/q;;;;+3/p-3. The van der Waals surface area contributed by atoms with Crippen LogP contribution in [0, 0.1) is 0 Å². The first kappa shape index (κ1) is 22.3. The van der Waals surface area contributed by atoms with Crippen LogP contribution in [-0.2, 0) is 19.5 Å². The van der Waals surface area contributed by atoms with Crippen LogP contribution in [0.25, 0.3) is 6.08 Å². The van der Waals surface area contributed by atoms with Gasteiger partial charge in [-0.2, -0.15) is 0 Å². The van der Waals surface area contributed by atoms with Gasteiger partial charge in [0.05, 0.1) is 0 Å². The summed E-state index contributed by atoms with van der Waals surface area (Å²) in [6.07, 6.45) is 4.56. The fourth-order valence-electron chi connectivity index (χ4n) is 3.08. The molecule has 0 N–H and O–H groups in total. The SMILES string of the molecule is CC(C)c1cccc(C(C)C)c1[O][Ti+2][CH]1C=Cc2ccccc21.[Cl-].[Cl-]. The average Bonchev–Trinajstić information content (AvgIpc) is 2.95. The quantitative estimate of drug-likeness (QED) is 0.634. The summed E-state index contributed by atoms with van der Waals surface area (Å²) >= 11 is -0.571. The minimum absolute atomic E-state index is 0. The molecule has 0 amide bonds. The average molecular weight is 411 g/mol. The van der Waals surface area contributed by atoms with Crippen LogP contribution in [0.5, 0.6) is 5.75 Å². The van der Waals surface area contributed by atoms with Gasteiger partial charge >= 0.3 is 149 Å². The summed E-state index contributed by atoms with van der Waals surface area (Å²) < 4.78 is 6.98. The molecule has 1 aliphatic rings. The van der Waals surface area contributed by atoms with Crippen LogP contribution in [0.3, 0.4) is 0 Å². The summed E-state index contributed by atoms with van der Waals surface area (Å²) in [5.41, 5.74) is 5.47. The third kappa shape index (κ3) is 4.92. The number of hydrogen-bond donors (Lipinski definition) is 0. The summed E-state index contributed by atoms with van der Waals surface area (Å²) in [4.78, 5) is 0. The van der Waals surface area contributed by atoms with Crippen molar-refractivity contribution in [1.29, 1.82) is 0 Å². The molecule has 4 heteroatoms. The first-order chi connectivity index (χ1) is 11.1. The molecule has 0 radical (unpaired) electrons. The number of benzene rings is 2. The summed E-state index contributed by atoms with van der Waals surface area (Å²) in [5, 5.41) is 0. The van der Waals surface area contributed by atoms with Gasteiger partial charge < -0.3 is 24.8 Å². The number of para-hydroxylation sites is 1. The first-order valence-corrected chi connectivity index (χ1v) is 9.94. The Labute approximate surface area is 173 Å². The molecule has 1 unspecified atom stereocenters. The van der Waals surface area contributed by atoms with Gasteiger partial charge in [-0.15, -0.1) is 0 Å².